The van der Waals surface area contributed by atoms with Crippen molar-refractivity contribution in [1.82, 2.24) is 4.90 Å². The average molecular weight is 327 g/mol. The maximum Gasteiger partial charge on any atom is 0.417 e. The predicted octanol–water partition coefficient (Wildman–Crippen LogP) is 3.45. The van der Waals surface area contributed by atoms with E-state index in [1.165, 1.54) is 6.07 Å². The number of halogens is 1. The van der Waals surface area contributed by atoms with Crippen LogP contribution in [0.3, 0.4) is 0 Å². The summed E-state index contributed by atoms with van der Waals surface area (Å²) in [4.78, 5) is 35.8. The zero-order valence-corrected chi connectivity index (χ0v) is 13.4. The minimum Gasteiger partial charge on any atom is -0.443 e. The summed E-state index contributed by atoms with van der Waals surface area (Å²) < 4.78 is 5.15. The molecule has 1 aromatic carbocycles. The number of carbonyl (C=O) groups is 2. The number of hydrogen-bond acceptors (Lipinski definition) is 5. The number of hydrogen-bond donors (Lipinski definition) is 0. The summed E-state index contributed by atoms with van der Waals surface area (Å²) in [5.74, 6) is -0.766. The highest BCUT2D eigenvalue weighted by molar-refractivity contribution is 6.33. The number of aryl methyl sites for hydroxylation is 1. The molecule has 0 fully saturated rings. The van der Waals surface area contributed by atoms with Crippen molar-refractivity contribution in [1.29, 1.82) is 0 Å². The molecule has 0 bridgehead atoms. The fraction of sp³-hybridized carbons (Fsp3) is 0.429. The lowest BCUT2D eigenvalue weighted by atomic mass is 10.0. The Morgan fingerprint density at radius 1 is 1.45 bits per heavy atom. The van der Waals surface area contributed by atoms with Crippen molar-refractivity contribution in [3.05, 3.63) is 37.9 Å². The van der Waals surface area contributed by atoms with E-state index in [4.69, 9.17) is 16.3 Å². The van der Waals surface area contributed by atoms with Crippen LogP contribution in [0.2, 0.25) is 5.02 Å². The van der Waals surface area contributed by atoms with Crippen molar-refractivity contribution in [2.45, 2.75) is 39.8 Å². The van der Waals surface area contributed by atoms with Gasteiger partial charge < -0.3 is 4.74 Å². The van der Waals surface area contributed by atoms with Gasteiger partial charge in [0.05, 0.1) is 11.5 Å². The zero-order chi connectivity index (χ0) is 16.8. The van der Waals surface area contributed by atoms with Crippen LogP contribution < -0.4 is 0 Å². The van der Waals surface area contributed by atoms with Gasteiger partial charge in [-0.3, -0.25) is 14.9 Å². The highest BCUT2D eigenvalue weighted by atomic mass is 35.5. The maximum absolute atomic E-state index is 12.4. The molecule has 0 unspecified atom stereocenters. The van der Waals surface area contributed by atoms with E-state index >= 15 is 0 Å². The van der Waals surface area contributed by atoms with Crippen molar-refractivity contribution in [3.8, 4) is 0 Å². The summed E-state index contributed by atoms with van der Waals surface area (Å²) in [6, 6.07) is 1.23. The molecule has 0 aliphatic carbocycles. The molecule has 1 aromatic rings. The van der Waals surface area contributed by atoms with Gasteiger partial charge in [-0.25, -0.2) is 9.69 Å². The van der Waals surface area contributed by atoms with E-state index in [0.717, 1.165) is 4.90 Å². The van der Waals surface area contributed by atoms with Crippen molar-refractivity contribution in [2.75, 3.05) is 0 Å². The quantitative estimate of drug-likeness (QED) is 0.582. The van der Waals surface area contributed by atoms with E-state index in [1.807, 2.05) is 0 Å². The Hall–Kier alpha value is -2.15. The summed E-state index contributed by atoms with van der Waals surface area (Å²) in [7, 11) is 0. The van der Waals surface area contributed by atoms with Crippen LogP contribution in [0.15, 0.2) is 6.07 Å². The Labute approximate surface area is 131 Å². The molecule has 0 spiro atoms. The smallest absolute Gasteiger partial charge is 0.417 e. The molecule has 0 saturated carbocycles. The molecule has 0 saturated heterocycles. The summed E-state index contributed by atoms with van der Waals surface area (Å²) >= 11 is 6.13. The second-order valence-electron chi connectivity index (χ2n) is 6.01. The lowest BCUT2D eigenvalue weighted by Gasteiger charge is -2.23. The second-order valence-corrected chi connectivity index (χ2v) is 6.39. The first-order valence-electron chi connectivity index (χ1n) is 6.54. The lowest BCUT2D eigenvalue weighted by molar-refractivity contribution is -0.385. The number of imide groups is 1. The fourth-order valence-electron chi connectivity index (χ4n) is 2.20. The molecule has 8 heteroatoms. The number of nitro benzene ring substituents is 1. The van der Waals surface area contributed by atoms with Gasteiger partial charge in [0, 0.05) is 16.7 Å². The third-order valence-corrected chi connectivity index (χ3v) is 3.63. The van der Waals surface area contributed by atoms with Gasteiger partial charge in [-0.2, -0.15) is 0 Å². The second kappa shape index (κ2) is 5.24. The minimum atomic E-state index is -0.850. The molecule has 2 rings (SSSR count). The Bertz CT molecular complexity index is 693. The summed E-state index contributed by atoms with van der Waals surface area (Å²) in [6.45, 7) is 6.47. The third kappa shape index (κ3) is 2.76. The first-order chi connectivity index (χ1) is 10.0. The molecule has 118 valence electrons. The topological polar surface area (TPSA) is 89.8 Å². The van der Waals surface area contributed by atoms with Gasteiger partial charge in [0.2, 0.25) is 0 Å². The Morgan fingerprint density at radius 3 is 2.55 bits per heavy atom. The van der Waals surface area contributed by atoms with Crippen LogP contribution in [0.4, 0.5) is 10.5 Å². The molecule has 7 nitrogen and oxygen atoms in total. The molecule has 0 N–H and O–H groups in total. The molecule has 0 aromatic heterocycles. The number of benzene rings is 1. The van der Waals surface area contributed by atoms with Crippen LogP contribution in [0.25, 0.3) is 0 Å². The van der Waals surface area contributed by atoms with Crippen LogP contribution in [0.1, 0.15) is 42.3 Å². The molecular formula is C14H15ClN2O5. The molecule has 1 aliphatic rings. The van der Waals surface area contributed by atoms with Gasteiger partial charge in [-0.1, -0.05) is 11.6 Å². The van der Waals surface area contributed by atoms with Crippen LogP contribution >= 0.6 is 11.6 Å². The predicted molar refractivity (Wildman–Crippen MR) is 79.0 cm³/mol. The molecule has 22 heavy (non-hydrogen) atoms. The van der Waals surface area contributed by atoms with Crippen molar-refractivity contribution in [2.24, 2.45) is 0 Å². The van der Waals surface area contributed by atoms with Crippen LogP contribution in [0.5, 0.6) is 0 Å². The molecule has 0 radical (unpaired) electrons. The van der Waals surface area contributed by atoms with Crippen molar-refractivity contribution < 1.29 is 19.2 Å². The lowest BCUT2D eigenvalue weighted by Crippen LogP contribution is -2.37. The Balaban J connectivity index is 2.48. The van der Waals surface area contributed by atoms with E-state index < -0.39 is 22.5 Å². The van der Waals surface area contributed by atoms with Crippen LogP contribution in [-0.4, -0.2) is 27.4 Å². The SMILES string of the molecule is Cc1cc([N+](=O)[O-])c2c(c1Cl)CN(C(=O)OC(C)(C)C)C2=O. The van der Waals surface area contributed by atoms with Crippen molar-refractivity contribution >= 4 is 29.3 Å². The van der Waals surface area contributed by atoms with E-state index in [1.54, 1.807) is 27.7 Å². The number of carbonyl (C=O) groups excluding carboxylic acids is 2. The largest absolute Gasteiger partial charge is 0.443 e. The number of rotatable bonds is 1. The molecule has 2 amide bonds. The standard InChI is InChI=1S/C14H15ClN2O5/c1-7-5-9(17(20)21)10-8(11(7)15)6-16(12(10)18)13(19)22-14(2,3)4/h5H,6H2,1-4H3. The monoisotopic (exact) mass is 326 g/mol. The van der Waals surface area contributed by atoms with E-state index in [9.17, 15) is 19.7 Å². The number of nitrogens with zero attached hydrogens (tertiary/aromatic N) is 2. The minimum absolute atomic E-state index is 0.134. The van der Waals surface area contributed by atoms with Gasteiger partial charge in [-0.05, 0) is 33.3 Å². The van der Waals surface area contributed by atoms with Gasteiger partial charge >= 0.3 is 6.09 Å². The van der Waals surface area contributed by atoms with Gasteiger partial charge in [0.1, 0.15) is 11.2 Å². The van der Waals surface area contributed by atoms with Crippen LogP contribution in [0, 0.1) is 17.0 Å². The Kier molecular flexibility index (Phi) is 3.87. The first kappa shape index (κ1) is 16.2. The number of fused-ring (bicyclic) bond motifs is 1. The average Bonchev–Trinajstić information content (AvgIpc) is 2.70. The first-order valence-corrected chi connectivity index (χ1v) is 6.92. The molecular weight excluding hydrogens is 312 g/mol. The number of amides is 2. The highest BCUT2D eigenvalue weighted by Gasteiger charge is 2.41. The Morgan fingerprint density at radius 2 is 2.05 bits per heavy atom. The maximum atomic E-state index is 12.4. The molecule has 0 atom stereocenters. The normalized spacial score (nSPS) is 14.0. The summed E-state index contributed by atoms with van der Waals surface area (Å²) in [5.41, 5.74) is -0.521. The van der Waals surface area contributed by atoms with Gasteiger partial charge in [0.15, 0.2) is 0 Å². The van der Waals surface area contributed by atoms with Gasteiger partial charge in [-0.15, -0.1) is 0 Å². The third-order valence-electron chi connectivity index (χ3n) is 3.11. The molecule has 1 aliphatic heterocycles. The zero-order valence-electron chi connectivity index (χ0n) is 12.6. The molecule has 1 heterocycles. The van der Waals surface area contributed by atoms with Crippen LogP contribution in [-0.2, 0) is 11.3 Å². The number of nitro groups is 1. The van der Waals surface area contributed by atoms with E-state index in [2.05, 4.69) is 0 Å². The van der Waals surface area contributed by atoms with Gasteiger partial charge in [0.25, 0.3) is 11.6 Å². The number of ether oxygens (including phenoxy) is 1. The van der Waals surface area contributed by atoms with Crippen molar-refractivity contribution in [3.63, 3.8) is 0 Å². The summed E-state index contributed by atoms with van der Waals surface area (Å²) in [6.07, 6.45) is -0.850. The van der Waals surface area contributed by atoms with E-state index in [0.29, 0.717) is 5.56 Å². The highest BCUT2D eigenvalue weighted by Crippen LogP contribution is 2.38. The van der Waals surface area contributed by atoms with E-state index in [-0.39, 0.29) is 28.4 Å². The fourth-order valence-corrected chi connectivity index (χ4v) is 2.41. The summed E-state index contributed by atoms with van der Waals surface area (Å²) in [5, 5.41) is 11.4.